The van der Waals surface area contributed by atoms with Crippen molar-refractivity contribution in [3.05, 3.63) is 20.3 Å². The first kappa shape index (κ1) is 13.8. The second-order valence-electron chi connectivity index (χ2n) is 3.74. The van der Waals surface area contributed by atoms with Gasteiger partial charge in [-0.2, -0.15) is 0 Å². The number of amides is 1. The van der Waals surface area contributed by atoms with Crippen LogP contribution >= 0.6 is 34.5 Å². The summed E-state index contributed by atoms with van der Waals surface area (Å²) < 4.78 is 1.34. The van der Waals surface area contributed by atoms with Crippen LogP contribution in [0.2, 0.25) is 8.67 Å². The number of hydrogen-bond acceptors (Lipinski definition) is 3. The number of carbonyl (C=O) groups excluding carboxylic acids is 1. The van der Waals surface area contributed by atoms with Gasteiger partial charge in [0.25, 0.3) is 0 Å². The number of carbonyl (C=O) groups is 1. The maximum absolute atomic E-state index is 10.7. The summed E-state index contributed by atoms with van der Waals surface area (Å²) in [7, 11) is 0. The van der Waals surface area contributed by atoms with Crippen molar-refractivity contribution in [3.63, 3.8) is 0 Å². The van der Waals surface area contributed by atoms with Gasteiger partial charge in [0.1, 0.15) is 0 Å². The van der Waals surface area contributed by atoms with Crippen molar-refractivity contribution in [1.29, 1.82) is 0 Å². The van der Waals surface area contributed by atoms with Crippen molar-refractivity contribution in [2.24, 2.45) is 5.73 Å². The fourth-order valence-corrected chi connectivity index (χ4v) is 3.17. The molecule has 0 aliphatic carbocycles. The zero-order valence-corrected chi connectivity index (χ0v) is 11.4. The lowest BCUT2D eigenvalue weighted by molar-refractivity contribution is -0.118. The SMILES string of the molecule is CC(CC(N)=O)NC(C)c1cc(Cl)sc1Cl. The van der Waals surface area contributed by atoms with Gasteiger partial charge in [0, 0.05) is 18.5 Å². The van der Waals surface area contributed by atoms with Crippen LogP contribution in [0.25, 0.3) is 0 Å². The van der Waals surface area contributed by atoms with E-state index in [4.69, 9.17) is 28.9 Å². The quantitative estimate of drug-likeness (QED) is 0.871. The Hall–Kier alpha value is -0.290. The van der Waals surface area contributed by atoms with Gasteiger partial charge < -0.3 is 11.1 Å². The predicted octanol–water partition coefficient (Wildman–Crippen LogP) is 2.97. The molecule has 1 heterocycles. The highest BCUT2D eigenvalue weighted by atomic mass is 35.5. The lowest BCUT2D eigenvalue weighted by Gasteiger charge is -2.18. The second-order valence-corrected chi connectivity index (χ2v) is 6.02. The monoisotopic (exact) mass is 280 g/mol. The van der Waals surface area contributed by atoms with Crippen molar-refractivity contribution < 1.29 is 4.79 Å². The second kappa shape index (κ2) is 5.87. The molecule has 0 saturated heterocycles. The summed E-state index contributed by atoms with van der Waals surface area (Å²) in [4.78, 5) is 10.7. The van der Waals surface area contributed by atoms with E-state index < -0.39 is 0 Å². The molecule has 0 aromatic carbocycles. The van der Waals surface area contributed by atoms with Crippen molar-refractivity contribution in [2.45, 2.75) is 32.4 Å². The first-order chi connectivity index (χ1) is 7.40. The molecule has 2 unspecified atom stereocenters. The molecule has 0 bridgehead atoms. The molecule has 1 aromatic heterocycles. The van der Waals surface area contributed by atoms with Gasteiger partial charge in [0.05, 0.1) is 8.67 Å². The third-order valence-electron chi connectivity index (χ3n) is 2.19. The molecule has 0 fully saturated rings. The Morgan fingerprint density at radius 1 is 1.56 bits per heavy atom. The van der Waals surface area contributed by atoms with Gasteiger partial charge in [-0.05, 0) is 25.5 Å². The molecule has 6 heteroatoms. The van der Waals surface area contributed by atoms with Gasteiger partial charge in [0.2, 0.25) is 5.91 Å². The largest absolute Gasteiger partial charge is 0.370 e. The van der Waals surface area contributed by atoms with Gasteiger partial charge in [-0.25, -0.2) is 0 Å². The average molecular weight is 281 g/mol. The van der Waals surface area contributed by atoms with E-state index in [0.29, 0.717) is 15.1 Å². The maximum atomic E-state index is 10.7. The van der Waals surface area contributed by atoms with E-state index in [0.717, 1.165) is 5.56 Å². The van der Waals surface area contributed by atoms with Crippen LogP contribution < -0.4 is 11.1 Å². The number of primary amides is 1. The molecule has 0 saturated carbocycles. The minimum atomic E-state index is -0.318. The van der Waals surface area contributed by atoms with Gasteiger partial charge in [-0.1, -0.05) is 23.2 Å². The third kappa shape index (κ3) is 3.94. The average Bonchev–Trinajstić information content (AvgIpc) is 2.43. The van der Waals surface area contributed by atoms with Gasteiger partial charge in [0.15, 0.2) is 0 Å². The van der Waals surface area contributed by atoms with Crippen LogP contribution in [-0.4, -0.2) is 11.9 Å². The lowest BCUT2D eigenvalue weighted by Crippen LogP contribution is -2.32. The number of nitrogens with one attached hydrogen (secondary N) is 1. The minimum absolute atomic E-state index is 0.0160. The Kier molecular flexibility index (Phi) is 5.05. The van der Waals surface area contributed by atoms with E-state index in [2.05, 4.69) is 5.32 Å². The summed E-state index contributed by atoms with van der Waals surface area (Å²) in [6.45, 7) is 3.88. The zero-order valence-electron chi connectivity index (χ0n) is 9.09. The molecule has 0 aliphatic rings. The van der Waals surface area contributed by atoms with Crippen molar-refractivity contribution >= 4 is 40.4 Å². The molecule has 1 amide bonds. The molecule has 16 heavy (non-hydrogen) atoms. The summed E-state index contributed by atoms with van der Waals surface area (Å²) in [5.74, 6) is -0.318. The Labute approximate surface area is 109 Å². The summed E-state index contributed by atoms with van der Waals surface area (Å²) in [5.41, 5.74) is 6.07. The Balaban J connectivity index is 2.61. The van der Waals surface area contributed by atoms with E-state index >= 15 is 0 Å². The van der Waals surface area contributed by atoms with Crippen LogP contribution in [0.5, 0.6) is 0 Å². The molecule has 3 N–H and O–H groups in total. The minimum Gasteiger partial charge on any atom is -0.370 e. The fourth-order valence-electron chi connectivity index (χ4n) is 1.53. The highest BCUT2D eigenvalue weighted by Gasteiger charge is 2.16. The van der Waals surface area contributed by atoms with Gasteiger partial charge in [-0.3, -0.25) is 4.79 Å². The molecule has 2 atom stereocenters. The van der Waals surface area contributed by atoms with Crippen LogP contribution in [0, 0.1) is 0 Å². The van der Waals surface area contributed by atoms with E-state index in [1.165, 1.54) is 11.3 Å². The molecule has 3 nitrogen and oxygen atoms in total. The number of hydrogen-bond donors (Lipinski definition) is 2. The van der Waals surface area contributed by atoms with E-state index in [9.17, 15) is 4.79 Å². The molecular formula is C10H14Cl2N2OS. The Morgan fingerprint density at radius 3 is 2.62 bits per heavy atom. The van der Waals surface area contributed by atoms with Crippen LogP contribution in [0.4, 0.5) is 0 Å². The number of rotatable bonds is 5. The molecule has 0 spiro atoms. The third-order valence-corrected chi connectivity index (χ3v) is 3.71. The molecule has 0 aliphatic heterocycles. The van der Waals surface area contributed by atoms with Crippen molar-refractivity contribution in [1.82, 2.24) is 5.32 Å². The van der Waals surface area contributed by atoms with Crippen molar-refractivity contribution in [3.8, 4) is 0 Å². The van der Waals surface area contributed by atoms with Crippen LogP contribution in [-0.2, 0) is 4.79 Å². The summed E-state index contributed by atoms with van der Waals surface area (Å²) in [6.07, 6.45) is 0.305. The molecule has 1 aromatic rings. The van der Waals surface area contributed by atoms with Crippen LogP contribution in [0.3, 0.4) is 0 Å². The first-order valence-corrected chi connectivity index (χ1v) is 6.46. The number of thiophene rings is 1. The predicted molar refractivity (Wildman–Crippen MR) is 69.2 cm³/mol. The first-order valence-electron chi connectivity index (χ1n) is 4.89. The number of halogens is 2. The normalized spacial score (nSPS) is 14.8. The standard InChI is InChI=1S/C10H14Cl2N2OS/c1-5(3-9(13)15)14-6(2)7-4-8(11)16-10(7)12/h4-6,14H,3H2,1-2H3,(H2,13,15). The smallest absolute Gasteiger partial charge is 0.218 e. The summed E-state index contributed by atoms with van der Waals surface area (Å²) >= 11 is 13.2. The Bertz CT molecular complexity index is 381. The molecule has 1 rings (SSSR count). The van der Waals surface area contributed by atoms with E-state index in [-0.39, 0.29) is 18.0 Å². The summed E-state index contributed by atoms with van der Waals surface area (Å²) in [6, 6.07) is 1.90. The van der Waals surface area contributed by atoms with E-state index in [1.54, 1.807) is 0 Å². The van der Waals surface area contributed by atoms with Crippen molar-refractivity contribution in [2.75, 3.05) is 0 Å². The van der Waals surface area contributed by atoms with Crippen LogP contribution in [0.15, 0.2) is 6.07 Å². The maximum Gasteiger partial charge on any atom is 0.218 e. The highest BCUT2D eigenvalue weighted by Crippen LogP contribution is 2.34. The van der Waals surface area contributed by atoms with Crippen LogP contribution in [0.1, 0.15) is 31.9 Å². The molecular weight excluding hydrogens is 267 g/mol. The fraction of sp³-hybridized carbons (Fsp3) is 0.500. The molecule has 0 radical (unpaired) electrons. The van der Waals surface area contributed by atoms with E-state index in [1.807, 2.05) is 19.9 Å². The lowest BCUT2D eigenvalue weighted by atomic mass is 10.1. The Morgan fingerprint density at radius 2 is 2.19 bits per heavy atom. The highest BCUT2D eigenvalue weighted by molar-refractivity contribution is 7.20. The topological polar surface area (TPSA) is 55.1 Å². The van der Waals surface area contributed by atoms with Gasteiger partial charge in [-0.15, -0.1) is 11.3 Å². The van der Waals surface area contributed by atoms with Gasteiger partial charge >= 0.3 is 0 Å². The molecule has 90 valence electrons. The zero-order chi connectivity index (χ0) is 12.3. The summed E-state index contributed by atoms with van der Waals surface area (Å²) in [5, 5.41) is 3.24. The number of nitrogens with two attached hydrogens (primary N) is 1.